The zero-order chi connectivity index (χ0) is 28.5. The van der Waals surface area contributed by atoms with Crippen molar-refractivity contribution < 1.29 is 19.1 Å². The molecule has 8 nitrogen and oxygen atoms in total. The highest BCUT2D eigenvalue weighted by Crippen LogP contribution is 2.34. The van der Waals surface area contributed by atoms with Crippen LogP contribution in [0.4, 0.5) is 10.5 Å². The van der Waals surface area contributed by atoms with Crippen LogP contribution in [-0.4, -0.2) is 53.6 Å². The van der Waals surface area contributed by atoms with Crippen LogP contribution in [0.1, 0.15) is 58.6 Å². The SMILES string of the molecule is C[C@@H]1CCC(C)(C(=O)N[C@H](C#N)Cc2ccc(-c3ccc4c(c3)N(C)C(=O)C4)cc2)N(C(=O)OC(C)(C)C)C1. The Kier molecular flexibility index (Phi) is 7.74. The van der Waals surface area contributed by atoms with E-state index in [1.54, 1.807) is 39.6 Å². The summed E-state index contributed by atoms with van der Waals surface area (Å²) in [6, 6.07) is 15.4. The first-order valence-electron chi connectivity index (χ1n) is 13.5. The highest BCUT2D eigenvalue weighted by molar-refractivity contribution is 6.01. The standard InChI is InChI=1S/C31H38N4O4/c1-20-13-14-31(5,35(19-20)29(38)39-30(2,3)4)28(37)33-25(18-32)15-21-7-9-22(10-8-21)23-11-12-24-17-27(36)34(6)26(24)16-23/h7-12,16,20,25H,13-15,17,19H2,1-6H3,(H,33,37)/t20-,25+,31?/m1/s1. The Hall–Kier alpha value is -3.86. The zero-order valence-corrected chi connectivity index (χ0v) is 23.7. The van der Waals surface area contributed by atoms with Gasteiger partial charge >= 0.3 is 6.09 Å². The Morgan fingerprint density at radius 3 is 2.49 bits per heavy atom. The molecule has 4 rings (SSSR count). The van der Waals surface area contributed by atoms with Gasteiger partial charge in [-0.3, -0.25) is 14.5 Å². The van der Waals surface area contributed by atoms with Crippen LogP contribution in [0.5, 0.6) is 0 Å². The molecule has 0 aliphatic carbocycles. The van der Waals surface area contributed by atoms with Crippen LogP contribution in [0, 0.1) is 17.2 Å². The highest BCUT2D eigenvalue weighted by atomic mass is 16.6. The van der Waals surface area contributed by atoms with E-state index >= 15 is 0 Å². The average molecular weight is 531 g/mol. The lowest BCUT2D eigenvalue weighted by atomic mass is 9.83. The maximum absolute atomic E-state index is 13.5. The van der Waals surface area contributed by atoms with Crippen LogP contribution < -0.4 is 10.2 Å². The van der Waals surface area contributed by atoms with E-state index in [4.69, 9.17) is 4.74 Å². The minimum absolute atomic E-state index is 0.0907. The highest BCUT2D eigenvalue weighted by Gasteiger charge is 2.47. The third kappa shape index (κ3) is 6.08. The van der Waals surface area contributed by atoms with Crippen molar-refractivity contribution in [3.05, 3.63) is 53.6 Å². The molecule has 0 saturated carbocycles. The van der Waals surface area contributed by atoms with E-state index in [0.29, 0.717) is 25.8 Å². The quantitative estimate of drug-likeness (QED) is 0.595. The Labute approximate surface area is 230 Å². The molecule has 2 aliphatic rings. The van der Waals surface area contributed by atoms with E-state index in [1.807, 2.05) is 42.5 Å². The fourth-order valence-electron chi connectivity index (χ4n) is 5.23. The molecule has 3 amide bonds. The van der Waals surface area contributed by atoms with E-state index in [1.165, 1.54) is 4.90 Å². The molecular weight excluding hydrogens is 492 g/mol. The van der Waals surface area contributed by atoms with Crippen molar-refractivity contribution in [1.82, 2.24) is 10.2 Å². The summed E-state index contributed by atoms with van der Waals surface area (Å²) >= 11 is 0. The Balaban J connectivity index is 1.45. The number of piperidine rings is 1. The number of nitriles is 1. The number of nitrogens with zero attached hydrogens (tertiary/aromatic N) is 3. The number of carbonyl (C=O) groups excluding carboxylic acids is 3. The van der Waals surface area contributed by atoms with Gasteiger partial charge < -0.3 is 15.0 Å². The third-order valence-corrected chi connectivity index (χ3v) is 7.67. The largest absolute Gasteiger partial charge is 0.444 e. The molecule has 206 valence electrons. The van der Waals surface area contributed by atoms with Crippen LogP contribution in [0.15, 0.2) is 42.5 Å². The summed E-state index contributed by atoms with van der Waals surface area (Å²) in [5.41, 5.74) is 3.10. The molecule has 2 aromatic rings. The molecule has 0 spiro atoms. The molecule has 0 bridgehead atoms. The number of rotatable bonds is 5. The first kappa shape index (κ1) is 28.2. The van der Waals surface area contributed by atoms with Gasteiger partial charge in [0.1, 0.15) is 17.2 Å². The van der Waals surface area contributed by atoms with Crippen molar-refractivity contribution in [3.63, 3.8) is 0 Å². The van der Waals surface area contributed by atoms with Crippen molar-refractivity contribution >= 4 is 23.6 Å². The number of likely N-dealkylation sites (N-methyl/N-ethyl adjacent to an activating group) is 1. The van der Waals surface area contributed by atoms with Gasteiger partial charge in [0, 0.05) is 25.7 Å². The molecule has 2 heterocycles. The second-order valence-corrected chi connectivity index (χ2v) is 12.0. The van der Waals surface area contributed by atoms with Crippen LogP contribution in [0.3, 0.4) is 0 Å². The molecule has 8 heteroatoms. The molecule has 1 saturated heterocycles. The summed E-state index contributed by atoms with van der Waals surface area (Å²) in [5.74, 6) is -0.0108. The van der Waals surface area contributed by atoms with E-state index in [-0.39, 0.29) is 17.7 Å². The van der Waals surface area contributed by atoms with E-state index in [2.05, 4.69) is 18.3 Å². The van der Waals surface area contributed by atoms with E-state index < -0.39 is 23.3 Å². The van der Waals surface area contributed by atoms with Crippen LogP contribution in [-0.2, 0) is 27.2 Å². The van der Waals surface area contributed by atoms with Gasteiger partial charge in [-0.05, 0) is 74.8 Å². The van der Waals surface area contributed by atoms with Crippen molar-refractivity contribution in [2.45, 2.75) is 77.5 Å². The number of carbonyl (C=O) groups is 3. The summed E-state index contributed by atoms with van der Waals surface area (Å²) in [4.78, 5) is 41.7. The molecule has 0 aromatic heterocycles. The van der Waals surface area contributed by atoms with Gasteiger partial charge in [0.15, 0.2) is 0 Å². The van der Waals surface area contributed by atoms with Crippen molar-refractivity contribution in [2.75, 3.05) is 18.5 Å². The lowest BCUT2D eigenvalue weighted by molar-refractivity contribution is -0.136. The third-order valence-electron chi connectivity index (χ3n) is 7.67. The molecule has 3 atom stereocenters. The monoisotopic (exact) mass is 530 g/mol. The van der Waals surface area contributed by atoms with Crippen LogP contribution >= 0.6 is 0 Å². The van der Waals surface area contributed by atoms with E-state index in [0.717, 1.165) is 34.4 Å². The molecule has 2 aromatic carbocycles. The molecule has 1 N–H and O–H groups in total. The topological polar surface area (TPSA) is 103 Å². The summed E-state index contributed by atoms with van der Waals surface area (Å²) < 4.78 is 5.60. The summed E-state index contributed by atoms with van der Waals surface area (Å²) in [5, 5.41) is 12.7. The van der Waals surface area contributed by atoms with Gasteiger partial charge in [0.25, 0.3) is 0 Å². The average Bonchev–Trinajstić information content (AvgIpc) is 3.17. The van der Waals surface area contributed by atoms with Gasteiger partial charge in [0.2, 0.25) is 11.8 Å². The molecule has 1 fully saturated rings. The minimum Gasteiger partial charge on any atom is -0.444 e. The Morgan fingerprint density at radius 1 is 1.18 bits per heavy atom. The van der Waals surface area contributed by atoms with Gasteiger partial charge in [-0.2, -0.15) is 5.26 Å². The van der Waals surface area contributed by atoms with Crippen LogP contribution in [0.25, 0.3) is 11.1 Å². The second-order valence-electron chi connectivity index (χ2n) is 12.0. The molecule has 2 aliphatic heterocycles. The van der Waals surface area contributed by atoms with Crippen molar-refractivity contribution in [2.24, 2.45) is 5.92 Å². The number of hydrogen-bond donors (Lipinski definition) is 1. The Morgan fingerprint density at radius 2 is 1.85 bits per heavy atom. The van der Waals surface area contributed by atoms with Crippen molar-refractivity contribution in [1.29, 1.82) is 5.26 Å². The first-order valence-corrected chi connectivity index (χ1v) is 13.5. The smallest absolute Gasteiger partial charge is 0.411 e. The predicted octanol–water partition coefficient (Wildman–Crippen LogP) is 4.85. The normalized spacial score (nSPS) is 21.7. The maximum Gasteiger partial charge on any atom is 0.411 e. The van der Waals surface area contributed by atoms with Gasteiger partial charge in [-0.25, -0.2) is 4.79 Å². The number of amides is 3. The molecule has 39 heavy (non-hydrogen) atoms. The lowest BCUT2D eigenvalue weighted by Gasteiger charge is -2.45. The summed E-state index contributed by atoms with van der Waals surface area (Å²) in [6.07, 6.45) is 1.54. The number of benzene rings is 2. The van der Waals surface area contributed by atoms with E-state index in [9.17, 15) is 19.6 Å². The lowest BCUT2D eigenvalue weighted by Crippen LogP contribution is -2.63. The predicted molar refractivity (Wildman–Crippen MR) is 150 cm³/mol. The zero-order valence-electron chi connectivity index (χ0n) is 23.7. The van der Waals surface area contributed by atoms with Crippen LogP contribution in [0.2, 0.25) is 0 Å². The fourth-order valence-corrected chi connectivity index (χ4v) is 5.23. The van der Waals surface area contributed by atoms with Crippen molar-refractivity contribution in [3.8, 4) is 17.2 Å². The number of hydrogen-bond acceptors (Lipinski definition) is 5. The van der Waals surface area contributed by atoms with Gasteiger partial charge in [-0.15, -0.1) is 0 Å². The second kappa shape index (κ2) is 10.7. The fraction of sp³-hybridized carbons (Fsp3) is 0.484. The summed E-state index contributed by atoms with van der Waals surface area (Å²) in [7, 11) is 1.79. The number of ether oxygens (including phenoxy) is 1. The molecular formula is C31H38N4O4. The number of fused-ring (bicyclic) bond motifs is 1. The minimum atomic E-state index is -1.10. The molecule has 1 unspecified atom stereocenters. The summed E-state index contributed by atoms with van der Waals surface area (Å²) in [6.45, 7) is 9.63. The van der Waals surface area contributed by atoms with Gasteiger partial charge in [-0.1, -0.05) is 43.3 Å². The maximum atomic E-state index is 13.5. The number of nitrogens with one attached hydrogen (secondary N) is 1. The van der Waals surface area contributed by atoms with Gasteiger partial charge in [0.05, 0.1) is 12.5 Å². The number of anilines is 1. The number of likely N-dealkylation sites (tertiary alicyclic amines) is 1. The Bertz CT molecular complexity index is 1310. The first-order chi connectivity index (χ1) is 18.3. The molecule has 0 radical (unpaired) electrons.